The molecular formula is C27H29N3O6S. The monoisotopic (exact) mass is 523 g/mol. The largest absolute Gasteiger partial charge is 0.454 e. The lowest BCUT2D eigenvalue weighted by atomic mass is 10.1. The van der Waals surface area contributed by atoms with Gasteiger partial charge in [-0.05, 0) is 44.4 Å². The lowest BCUT2D eigenvalue weighted by Gasteiger charge is -2.27. The smallest absolute Gasteiger partial charge is 0.240 e. The summed E-state index contributed by atoms with van der Waals surface area (Å²) in [6.45, 7) is 5.42. The third-order valence-corrected chi connectivity index (χ3v) is 6.56. The first-order chi connectivity index (χ1) is 17.6. The number of ether oxygens (including phenoxy) is 2. The van der Waals surface area contributed by atoms with E-state index in [2.05, 4.69) is 10.6 Å². The summed E-state index contributed by atoms with van der Waals surface area (Å²) < 4.78 is 23.4. The third-order valence-electron chi connectivity index (χ3n) is 5.41. The molecular weight excluding hydrogens is 494 g/mol. The van der Waals surface area contributed by atoms with Gasteiger partial charge in [0.1, 0.15) is 18.1 Å². The molecule has 0 saturated carbocycles. The standard InChI is InChI=1S/C27H29N3O6S/c1-27(2,3)29-24(31)14-30(21-10-6-8-18-7-4-5-9-20(18)21)26(33)16-37(34)15-25(32)28-19-11-12-22-23(13-19)36-17-35-22/h4-13H,14-17H2,1-3H3,(H,28,32)(H,29,31). The molecule has 0 aliphatic carbocycles. The van der Waals surface area contributed by atoms with Crippen LogP contribution in [-0.2, 0) is 25.2 Å². The molecule has 3 aromatic rings. The van der Waals surface area contributed by atoms with Crippen molar-refractivity contribution in [1.29, 1.82) is 0 Å². The molecule has 1 unspecified atom stereocenters. The second-order valence-corrected chi connectivity index (χ2v) is 11.1. The summed E-state index contributed by atoms with van der Waals surface area (Å²) in [5.41, 5.74) is 0.517. The Balaban J connectivity index is 1.47. The molecule has 0 bridgehead atoms. The van der Waals surface area contributed by atoms with Gasteiger partial charge in [-0.1, -0.05) is 36.4 Å². The number of hydrogen-bond acceptors (Lipinski definition) is 6. The number of nitrogens with one attached hydrogen (secondary N) is 2. The summed E-state index contributed by atoms with van der Waals surface area (Å²) in [4.78, 5) is 39.9. The van der Waals surface area contributed by atoms with Crippen LogP contribution in [0.4, 0.5) is 11.4 Å². The van der Waals surface area contributed by atoms with Crippen molar-refractivity contribution in [1.82, 2.24) is 5.32 Å². The number of carbonyl (C=O) groups excluding carboxylic acids is 3. The molecule has 1 aliphatic rings. The molecule has 37 heavy (non-hydrogen) atoms. The molecule has 2 N–H and O–H groups in total. The van der Waals surface area contributed by atoms with Crippen LogP contribution in [0, 0.1) is 0 Å². The highest BCUT2D eigenvalue weighted by Gasteiger charge is 2.25. The van der Waals surface area contributed by atoms with E-state index in [1.807, 2.05) is 51.1 Å². The van der Waals surface area contributed by atoms with Gasteiger partial charge in [0.15, 0.2) is 11.5 Å². The Morgan fingerprint density at radius 2 is 1.65 bits per heavy atom. The molecule has 1 atom stereocenters. The highest BCUT2D eigenvalue weighted by molar-refractivity contribution is 7.86. The first-order valence-electron chi connectivity index (χ1n) is 11.7. The summed E-state index contributed by atoms with van der Waals surface area (Å²) in [6, 6.07) is 17.9. The number of benzene rings is 3. The summed E-state index contributed by atoms with van der Waals surface area (Å²) in [5, 5.41) is 7.21. The molecule has 9 nitrogen and oxygen atoms in total. The molecule has 0 saturated heterocycles. The van der Waals surface area contributed by atoms with Crippen LogP contribution >= 0.6 is 0 Å². The second-order valence-electron chi connectivity index (χ2n) is 9.62. The normalized spacial score (nSPS) is 13.2. The number of nitrogens with zero attached hydrogens (tertiary/aromatic N) is 1. The molecule has 0 aromatic heterocycles. The minimum Gasteiger partial charge on any atom is -0.454 e. The van der Waals surface area contributed by atoms with Gasteiger partial charge in [0.25, 0.3) is 0 Å². The van der Waals surface area contributed by atoms with Gasteiger partial charge in [0.2, 0.25) is 24.5 Å². The van der Waals surface area contributed by atoms with Crippen molar-refractivity contribution < 1.29 is 28.1 Å². The molecule has 194 valence electrons. The lowest BCUT2D eigenvalue weighted by molar-refractivity contribution is -0.124. The van der Waals surface area contributed by atoms with E-state index in [0.29, 0.717) is 22.9 Å². The van der Waals surface area contributed by atoms with Crippen LogP contribution in [0.1, 0.15) is 20.8 Å². The molecule has 1 aliphatic heterocycles. The molecule has 4 rings (SSSR count). The van der Waals surface area contributed by atoms with E-state index >= 15 is 0 Å². The average Bonchev–Trinajstić information content (AvgIpc) is 3.29. The van der Waals surface area contributed by atoms with Crippen LogP contribution in [0.2, 0.25) is 0 Å². The summed E-state index contributed by atoms with van der Waals surface area (Å²) in [6.07, 6.45) is 0. The van der Waals surface area contributed by atoms with Gasteiger partial charge < -0.3 is 25.0 Å². The predicted molar refractivity (Wildman–Crippen MR) is 143 cm³/mol. The third kappa shape index (κ3) is 6.85. The van der Waals surface area contributed by atoms with Crippen molar-refractivity contribution in [3.8, 4) is 11.5 Å². The maximum absolute atomic E-state index is 13.4. The zero-order chi connectivity index (χ0) is 26.6. The second kappa shape index (κ2) is 11.0. The van der Waals surface area contributed by atoms with Gasteiger partial charge in [-0.15, -0.1) is 0 Å². The van der Waals surface area contributed by atoms with Crippen LogP contribution in [0.3, 0.4) is 0 Å². The van der Waals surface area contributed by atoms with Crippen molar-refractivity contribution >= 4 is 50.7 Å². The summed E-state index contributed by atoms with van der Waals surface area (Å²) in [5.74, 6) is -1.08. The number of carbonyl (C=O) groups is 3. The Morgan fingerprint density at radius 1 is 0.919 bits per heavy atom. The zero-order valence-corrected chi connectivity index (χ0v) is 21.7. The van der Waals surface area contributed by atoms with Crippen molar-refractivity contribution in [3.63, 3.8) is 0 Å². The van der Waals surface area contributed by atoms with Crippen LogP contribution in [0.25, 0.3) is 10.8 Å². The van der Waals surface area contributed by atoms with Crippen molar-refractivity contribution in [2.45, 2.75) is 26.3 Å². The lowest BCUT2D eigenvalue weighted by Crippen LogP contribution is -2.48. The highest BCUT2D eigenvalue weighted by atomic mass is 32.2. The molecule has 0 spiro atoms. The summed E-state index contributed by atoms with van der Waals surface area (Å²) in [7, 11) is -1.81. The van der Waals surface area contributed by atoms with E-state index in [4.69, 9.17) is 9.47 Å². The van der Waals surface area contributed by atoms with Crippen LogP contribution < -0.4 is 25.0 Å². The Labute approximate surface area is 217 Å². The van der Waals surface area contributed by atoms with Crippen molar-refractivity contribution in [2.24, 2.45) is 0 Å². The SMILES string of the molecule is CC(C)(C)NC(=O)CN(C(=O)CS(=O)CC(=O)Nc1ccc2c(c1)OCO2)c1cccc2ccccc12. The fourth-order valence-electron chi connectivity index (χ4n) is 3.94. The maximum Gasteiger partial charge on any atom is 0.240 e. The van der Waals surface area contributed by atoms with Gasteiger partial charge >= 0.3 is 0 Å². The number of rotatable bonds is 8. The fraction of sp³-hybridized carbons (Fsp3) is 0.296. The van der Waals surface area contributed by atoms with E-state index in [0.717, 1.165) is 10.8 Å². The zero-order valence-electron chi connectivity index (χ0n) is 20.9. The maximum atomic E-state index is 13.4. The molecule has 0 radical (unpaired) electrons. The van der Waals surface area contributed by atoms with Crippen LogP contribution in [0.5, 0.6) is 11.5 Å². The van der Waals surface area contributed by atoms with Crippen LogP contribution in [0.15, 0.2) is 60.7 Å². The minimum absolute atomic E-state index is 0.111. The molecule has 0 fully saturated rings. The van der Waals surface area contributed by atoms with Crippen molar-refractivity contribution in [3.05, 3.63) is 60.7 Å². The Hall–Kier alpha value is -3.92. The first-order valence-corrected chi connectivity index (χ1v) is 13.2. The van der Waals surface area contributed by atoms with Gasteiger partial charge in [-0.25, -0.2) is 0 Å². The molecule has 3 aromatic carbocycles. The average molecular weight is 524 g/mol. The van der Waals surface area contributed by atoms with E-state index in [-0.39, 0.29) is 25.0 Å². The number of fused-ring (bicyclic) bond motifs is 2. The van der Waals surface area contributed by atoms with E-state index in [1.165, 1.54) is 4.90 Å². The molecule has 10 heteroatoms. The van der Waals surface area contributed by atoms with E-state index < -0.39 is 33.9 Å². The molecule has 3 amide bonds. The number of anilines is 2. The van der Waals surface area contributed by atoms with Gasteiger partial charge in [-0.2, -0.15) is 0 Å². The predicted octanol–water partition coefficient (Wildman–Crippen LogP) is 3.20. The number of amides is 3. The Bertz CT molecular complexity index is 1360. The summed E-state index contributed by atoms with van der Waals surface area (Å²) >= 11 is 0. The van der Waals surface area contributed by atoms with Crippen molar-refractivity contribution in [2.75, 3.05) is 35.1 Å². The highest BCUT2D eigenvalue weighted by Crippen LogP contribution is 2.34. The minimum atomic E-state index is -1.81. The topological polar surface area (TPSA) is 114 Å². The molecule has 1 heterocycles. The van der Waals surface area contributed by atoms with Gasteiger partial charge in [0, 0.05) is 33.5 Å². The Kier molecular flexibility index (Phi) is 7.77. The fourth-order valence-corrected chi connectivity index (χ4v) is 4.83. The quantitative estimate of drug-likeness (QED) is 0.469. The van der Waals surface area contributed by atoms with Gasteiger partial charge in [-0.3, -0.25) is 18.6 Å². The van der Waals surface area contributed by atoms with E-state index in [1.54, 1.807) is 30.3 Å². The van der Waals surface area contributed by atoms with E-state index in [9.17, 15) is 18.6 Å². The first kappa shape index (κ1) is 26.2. The number of hydrogen-bond donors (Lipinski definition) is 2. The van der Waals surface area contributed by atoms with Gasteiger partial charge in [0.05, 0.1) is 5.69 Å². The Morgan fingerprint density at radius 3 is 2.43 bits per heavy atom. The van der Waals surface area contributed by atoms with Crippen LogP contribution in [-0.4, -0.2) is 52.3 Å².